The summed E-state index contributed by atoms with van der Waals surface area (Å²) in [4.78, 5) is 9.92. The van der Waals surface area contributed by atoms with E-state index in [0.29, 0.717) is 0 Å². The summed E-state index contributed by atoms with van der Waals surface area (Å²) in [6.45, 7) is 5.29. The molecule has 0 unspecified atom stereocenters. The molecule has 3 rings (SSSR count). The van der Waals surface area contributed by atoms with E-state index in [1.807, 2.05) is 24.5 Å². The second-order valence-corrected chi connectivity index (χ2v) is 6.89. The van der Waals surface area contributed by atoms with Gasteiger partial charge in [0.15, 0.2) is 0 Å². The number of pyridine rings is 1. The zero-order valence-corrected chi connectivity index (χ0v) is 14.3. The molecule has 0 spiro atoms. The predicted molar refractivity (Wildman–Crippen MR) is 96.3 cm³/mol. The zero-order chi connectivity index (χ0) is 16.1. The van der Waals surface area contributed by atoms with Gasteiger partial charge in [0.2, 0.25) is 0 Å². The highest BCUT2D eigenvalue weighted by Gasteiger charge is 2.23. The van der Waals surface area contributed by atoms with Crippen LogP contribution in [0.4, 0.5) is 0 Å². The van der Waals surface area contributed by atoms with Crippen molar-refractivity contribution in [2.75, 3.05) is 0 Å². The van der Waals surface area contributed by atoms with E-state index in [-0.39, 0.29) is 5.54 Å². The lowest BCUT2D eigenvalue weighted by Gasteiger charge is -2.30. The Hall–Kier alpha value is -2.04. The van der Waals surface area contributed by atoms with Gasteiger partial charge in [0.25, 0.3) is 0 Å². The van der Waals surface area contributed by atoms with Crippen LogP contribution in [-0.2, 0) is 12.1 Å². The van der Waals surface area contributed by atoms with Gasteiger partial charge < -0.3 is 5.32 Å². The molecule has 3 aromatic rings. The van der Waals surface area contributed by atoms with Crippen LogP contribution in [0.5, 0.6) is 0 Å². The van der Waals surface area contributed by atoms with Gasteiger partial charge in [-0.2, -0.15) is 0 Å². The van der Waals surface area contributed by atoms with Gasteiger partial charge in [-0.3, -0.25) is 4.98 Å². The molecule has 0 aliphatic carbocycles. The van der Waals surface area contributed by atoms with E-state index < -0.39 is 0 Å². The van der Waals surface area contributed by atoms with Crippen LogP contribution in [0.3, 0.4) is 0 Å². The van der Waals surface area contributed by atoms with Crippen LogP contribution < -0.4 is 5.32 Å². The summed E-state index contributed by atoms with van der Waals surface area (Å²) >= 11 is 1.72. The lowest BCUT2D eigenvalue weighted by atomic mass is 9.89. The van der Waals surface area contributed by atoms with Crippen LogP contribution in [0, 0.1) is 0 Å². The standard InChI is InChI=1S/C19H21N3S/c1-3-19(2,16-9-5-4-6-10-16)22-14-17-13-21-18(23-17)15-8-7-11-20-12-15/h4-13,22H,3,14H2,1-2H3/t19-/m0/s1. The van der Waals surface area contributed by atoms with Gasteiger partial charge in [-0.05, 0) is 31.0 Å². The quantitative estimate of drug-likeness (QED) is 0.719. The lowest BCUT2D eigenvalue weighted by Crippen LogP contribution is -2.38. The number of benzene rings is 1. The molecule has 1 aromatic carbocycles. The van der Waals surface area contributed by atoms with E-state index in [4.69, 9.17) is 0 Å². The van der Waals surface area contributed by atoms with Crippen LogP contribution in [0.2, 0.25) is 0 Å². The highest BCUT2D eigenvalue weighted by Crippen LogP contribution is 2.27. The molecule has 0 amide bonds. The van der Waals surface area contributed by atoms with E-state index in [1.54, 1.807) is 17.5 Å². The number of thiazole rings is 1. The van der Waals surface area contributed by atoms with Crippen molar-refractivity contribution in [2.24, 2.45) is 0 Å². The molecule has 4 heteroatoms. The Balaban J connectivity index is 1.72. The monoisotopic (exact) mass is 323 g/mol. The third-order valence-corrected chi connectivity index (χ3v) is 5.28. The summed E-state index contributed by atoms with van der Waals surface area (Å²) in [5, 5.41) is 4.72. The molecule has 1 atom stereocenters. The van der Waals surface area contributed by atoms with Crippen molar-refractivity contribution in [3.8, 4) is 10.6 Å². The average molecular weight is 323 g/mol. The summed E-state index contributed by atoms with van der Waals surface area (Å²) in [6, 6.07) is 14.6. The minimum absolute atomic E-state index is 0.0281. The molecule has 0 aliphatic rings. The first kappa shape index (κ1) is 15.8. The molecule has 0 saturated heterocycles. The Labute approximate surface area is 141 Å². The molecule has 118 valence electrons. The van der Waals surface area contributed by atoms with Crippen LogP contribution in [0.15, 0.2) is 61.1 Å². The van der Waals surface area contributed by atoms with E-state index >= 15 is 0 Å². The Morgan fingerprint density at radius 1 is 1.09 bits per heavy atom. The average Bonchev–Trinajstić information content (AvgIpc) is 3.10. The minimum Gasteiger partial charge on any atom is -0.303 e. The Morgan fingerprint density at radius 2 is 1.91 bits per heavy atom. The second-order valence-electron chi connectivity index (χ2n) is 5.78. The highest BCUT2D eigenvalue weighted by atomic mass is 32.1. The number of nitrogens with one attached hydrogen (secondary N) is 1. The van der Waals surface area contributed by atoms with E-state index in [1.165, 1.54) is 10.4 Å². The molecule has 3 nitrogen and oxygen atoms in total. The van der Waals surface area contributed by atoms with E-state index in [9.17, 15) is 0 Å². The van der Waals surface area contributed by atoms with Gasteiger partial charge in [0.1, 0.15) is 5.01 Å². The molecule has 0 bridgehead atoms. The van der Waals surface area contributed by atoms with Crippen molar-refractivity contribution in [3.63, 3.8) is 0 Å². The normalized spacial score (nSPS) is 13.7. The topological polar surface area (TPSA) is 37.8 Å². The number of hydrogen-bond donors (Lipinski definition) is 1. The molecular formula is C19H21N3S. The van der Waals surface area contributed by atoms with Gasteiger partial charge in [0.05, 0.1) is 0 Å². The number of nitrogens with zero attached hydrogens (tertiary/aromatic N) is 2. The van der Waals surface area contributed by atoms with Crippen LogP contribution in [0.1, 0.15) is 30.7 Å². The maximum Gasteiger partial charge on any atom is 0.125 e. The van der Waals surface area contributed by atoms with E-state index in [0.717, 1.165) is 23.5 Å². The summed E-state index contributed by atoms with van der Waals surface area (Å²) in [6.07, 6.45) is 6.63. The van der Waals surface area contributed by atoms with Gasteiger partial charge in [-0.15, -0.1) is 11.3 Å². The van der Waals surface area contributed by atoms with Crippen molar-refractivity contribution in [3.05, 3.63) is 71.5 Å². The van der Waals surface area contributed by atoms with Gasteiger partial charge in [0, 0.05) is 41.1 Å². The fourth-order valence-corrected chi connectivity index (χ4v) is 3.37. The number of hydrogen-bond acceptors (Lipinski definition) is 4. The van der Waals surface area contributed by atoms with Gasteiger partial charge in [-0.1, -0.05) is 37.3 Å². The predicted octanol–water partition coefficient (Wildman–Crippen LogP) is 4.62. The molecule has 0 fully saturated rings. The molecule has 2 aromatic heterocycles. The second kappa shape index (κ2) is 7.02. The summed E-state index contributed by atoms with van der Waals surface area (Å²) in [7, 11) is 0. The van der Waals surface area contributed by atoms with Gasteiger partial charge in [-0.25, -0.2) is 4.98 Å². The summed E-state index contributed by atoms with van der Waals surface area (Å²) in [5.74, 6) is 0. The zero-order valence-electron chi connectivity index (χ0n) is 13.5. The van der Waals surface area contributed by atoms with Crippen molar-refractivity contribution < 1.29 is 0 Å². The molecule has 23 heavy (non-hydrogen) atoms. The van der Waals surface area contributed by atoms with Crippen LogP contribution in [-0.4, -0.2) is 9.97 Å². The Kier molecular flexibility index (Phi) is 4.84. The smallest absolute Gasteiger partial charge is 0.125 e. The van der Waals surface area contributed by atoms with Crippen molar-refractivity contribution in [1.29, 1.82) is 0 Å². The SMILES string of the molecule is CC[C@](C)(NCc1cnc(-c2cccnc2)s1)c1ccccc1. The maximum atomic E-state index is 4.52. The Bertz CT molecular complexity index is 740. The van der Waals surface area contributed by atoms with E-state index in [2.05, 4.69) is 59.5 Å². The molecule has 0 saturated carbocycles. The summed E-state index contributed by atoms with van der Waals surface area (Å²) in [5.41, 5.74) is 2.37. The lowest BCUT2D eigenvalue weighted by molar-refractivity contribution is 0.352. The summed E-state index contributed by atoms with van der Waals surface area (Å²) < 4.78 is 0. The first-order valence-electron chi connectivity index (χ1n) is 7.87. The maximum absolute atomic E-state index is 4.52. The third-order valence-electron chi connectivity index (χ3n) is 4.23. The largest absolute Gasteiger partial charge is 0.303 e. The first-order valence-corrected chi connectivity index (χ1v) is 8.68. The molecule has 2 heterocycles. The first-order chi connectivity index (χ1) is 11.2. The van der Waals surface area contributed by atoms with Crippen molar-refractivity contribution in [2.45, 2.75) is 32.4 Å². The van der Waals surface area contributed by atoms with Crippen molar-refractivity contribution >= 4 is 11.3 Å². The highest BCUT2D eigenvalue weighted by molar-refractivity contribution is 7.15. The molecule has 0 aliphatic heterocycles. The Morgan fingerprint density at radius 3 is 2.61 bits per heavy atom. The molecular weight excluding hydrogens is 302 g/mol. The van der Waals surface area contributed by atoms with Crippen molar-refractivity contribution in [1.82, 2.24) is 15.3 Å². The van der Waals surface area contributed by atoms with Crippen LogP contribution in [0.25, 0.3) is 10.6 Å². The third kappa shape index (κ3) is 3.66. The fraction of sp³-hybridized carbons (Fsp3) is 0.263. The fourth-order valence-electron chi connectivity index (χ4n) is 2.53. The van der Waals surface area contributed by atoms with Crippen LogP contribution >= 0.6 is 11.3 Å². The number of rotatable bonds is 6. The van der Waals surface area contributed by atoms with Gasteiger partial charge >= 0.3 is 0 Å². The number of aromatic nitrogens is 2. The molecule has 0 radical (unpaired) electrons. The molecule has 1 N–H and O–H groups in total. The minimum atomic E-state index is -0.0281.